The van der Waals surface area contributed by atoms with Gasteiger partial charge in [-0.1, -0.05) is 18.2 Å². The van der Waals surface area contributed by atoms with E-state index in [1.807, 2.05) is 52.2 Å². The van der Waals surface area contributed by atoms with Crippen molar-refractivity contribution >= 4 is 12.0 Å². The van der Waals surface area contributed by atoms with Crippen molar-refractivity contribution in [3.8, 4) is 5.69 Å². The first-order valence-electron chi connectivity index (χ1n) is 7.91. The minimum absolute atomic E-state index is 0.0676. The molecule has 120 valence electrons. The fraction of sp³-hybridized carbons (Fsp3) is 0.333. The highest BCUT2D eigenvalue weighted by atomic mass is 16.2. The van der Waals surface area contributed by atoms with Gasteiger partial charge in [0, 0.05) is 43.5 Å². The van der Waals surface area contributed by atoms with E-state index in [9.17, 15) is 4.79 Å². The quantitative estimate of drug-likeness (QED) is 0.815. The third-order valence-corrected chi connectivity index (χ3v) is 4.16. The van der Waals surface area contributed by atoms with E-state index in [-0.39, 0.29) is 11.9 Å². The molecule has 2 heterocycles. The molecule has 1 aromatic carbocycles. The molecule has 1 fully saturated rings. The highest BCUT2D eigenvalue weighted by Crippen LogP contribution is 2.11. The van der Waals surface area contributed by atoms with Crippen LogP contribution in [0.1, 0.15) is 12.5 Å². The number of amides is 1. The van der Waals surface area contributed by atoms with Gasteiger partial charge in [-0.2, -0.15) is 5.10 Å². The number of nitrogens with zero attached hydrogens (tertiary/aromatic N) is 4. The van der Waals surface area contributed by atoms with Gasteiger partial charge in [-0.15, -0.1) is 0 Å². The molecule has 1 atom stereocenters. The van der Waals surface area contributed by atoms with E-state index in [4.69, 9.17) is 0 Å². The Morgan fingerprint density at radius 1 is 1.26 bits per heavy atom. The molecule has 5 heteroatoms. The molecular weight excluding hydrogens is 288 g/mol. The molecule has 3 rings (SSSR count). The third kappa shape index (κ3) is 3.68. The fourth-order valence-electron chi connectivity index (χ4n) is 2.88. The Morgan fingerprint density at radius 2 is 2.04 bits per heavy atom. The Kier molecular flexibility index (Phi) is 4.57. The van der Waals surface area contributed by atoms with E-state index < -0.39 is 0 Å². The van der Waals surface area contributed by atoms with Crippen LogP contribution in [0.15, 0.2) is 48.8 Å². The van der Waals surface area contributed by atoms with Crippen molar-refractivity contribution in [1.82, 2.24) is 19.6 Å². The van der Waals surface area contributed by atoms with Crippen LogP contribution in [-0.2, 0) is 4.79 Å². The predicted molar refractivity (Wildman–Crippen MR) is 91.3 cm³/mol. The Labute approximate surface area is 136 Å². The van der Waals surface area contributed by atoms with Crippen LogP contribution in [0.3, 0.4) is 0 Å². The Balaban J connectivity index is 1.66. The molecular formula is C18H22N4O. The standard InChI is InChI=1S/C18H22N4O/c1-15-13-20(2)10-11-21(15)18(23)9-8-16-12-19-22(14-16)17-6-4-3-5-7-17/h3-9,12,14-15H,10-11,13H2,1-2H3/b9-8+. The Bertz CT molecular complexity index is 692. The summed E-state index contributed by atoms with van der Waals surface area (Å²) in [6.45, 7) is 4.72. The van der Waals surface area contributed by atoms with Crippen molar-refractivity contribution < 1.29 is 4.79 Å². The van der Waals surface area contributed by atoms with Crippen molar-refractivity contribution in [2.45, 2.75) is 13.0 Å². The summed E-state index contributed by atoms with van der Waals surface area (Å²) in [5.41, 5.74) is 1.93. The van der Waals surface area contributed by atoms with E-state index in [1.54, 1.807) is 12.3 Å². The number of hydrogen-bond acceptors (Lipinski definition) is 3. The SMILES string of the molecule is CC1CN(C)CCN1C(=O)/C=C/c1cnn(-c2ccccc2)c1. The summed E-state index contributed by atoms with van der Waals surface area (Å²) >= 11 is 0. The number of benzene rings is 1. The van der Waals surface area contributed by atoms with Crippen molar-refractivity contribution in [1.29, 1.82) is 0 Å². The summed E-state index contributed by atoms with van der Waals surface area (Å²) < 4.78 is 1.81. The van der Waals surface area contributed by atoms with E-state index in [1.165, 1.54) is 0 Å². The molecule has 1 aliphatic heterocycles. The average Bonchev–Trinajstić information content (AvgIpc) is 3.02. The van der Waals surface area contributed by atoms with Crippen LogP contribution in [0.2, 0.25) is 0 Å². The number of rotatable bonds is 3. The van der Waals surface area contributed by atoms with Crippen molar-refractivity contribution in [3.05, 3.63) is 54.4 Å². The van der Waals surface area contributed by atoms with Crippen LogP contribution in [0, 0.1) is 0 Å². The normalized spacial score (nSPS) is 19.4. The van der Waals surface area contributed by atoms with Gasteiger partial charge in [0.15, 0.2) is 0 Å². The molecule has 0 bridgehead atoms. The maximum absolute atomic E-state index is 12.4. The molecule has 1 saturated heterocycles. The largest absolute Gasteiger partial charge is 0.334 e. The lowest BCUT2D eigenvalue weighted by molar-refractivity contribution is -0.130. The van der Waals surface area contributed by atoms with Crippen LogP contribution in [-0.4, -0.2) is 58.2 Å². The van der Waals surface area contributed by atoms with E-state index in [0.29, 0.717) is 0 Å². The van der Waals surface area contributed by atoms with Gasteiger partial charge in [0.25, 0.3) is 0 Å². The molecule has 1 unspecified atom stereocenters. The van der Waals surface area contributed by atoms with Gasteiger partial charge in [-0.3, -0.25) is 4.79 Å². The molecule has 0 saturated carbocycles. The first-order chi connectivity index (χ1) is 11.1. The first-order valence-corrected chi connectivity index (χ1v) is 7.91. The predicted octanol–water partition coefficient (Wildman–Crippen LogP) is 2.05. The molecule has 2 aromatic rings. The molecule has 0 radical (unpaired) electrons. The van der Waals surface area contributed by atoms with Crippen molar-refractivity contribution in [2.24, 2.45) is 0 Å². The van der Waals surface area contributed by atoms with Gasteiger partial charge in [-0.05, 0) is 32.2 Å². The van der Waals surface area contributed by atoms with Gasteiger partial charge < -0.3 is 9.80 Å². The van der Waals surface area contributed by atoms with E-state index in [2.05, 4.69) is 24.0 Å². The molecule has 1 amide bonds. The second kappa shape index (κ2) is 6.79. The lowest BCUT2D eigenvalue weighted by Gasteiger charge is -2.37. The van der Waals surface area contributed by atoms with Gasteiger partial charge in [0.1, 0.15) is 0 Å². The van der Waals surface area contributed by atoms with Gasteiger partial charge in [-0.25, -0.2) is 4.68 Å². The minimum atomic E-state index is 0.0676. The van der Waals surface area contributed by atoms with Crippen molar-refractivity contribution in [2.75, 3.05) is 26.7 Å². The topological polar surface area (TPSA) is 41.4 Å². The number of carbonyl (C=O) groups excluding carboxylic acids is 1. The van der Waals surface area contributed by atoms with Crippen molar-refractivity contribution in [3.63, 3.8) is 0 Å². The molecule has 23 heavy (non-hydrogen) atoms. The highest BCUT2D eigenvalue weighted by Gasteiger charge is 2.23. The van der Waals surface area contributed by atoms with Gasteiger partial charge in [0.05, 0.1) is 11.9 Å². The first kappa shape index (κ1) is 15.5. The van der Waals surface area contributed by atoms with E-state index >= 15 is 0 Å². The smallest absolute Gasteiger partial charge is 0.246 e. The Morgan fingerprint density at radius 3 is 2.78 bits per heavy atom. The summed E-state index contributed by atoms with van der Waals surface area (Å²) in [7, 11) is 2.09. The maximum atomic E-state index is 12.4. The zero-order valence-electron chi connectivity index (χ0n) is 13.6. The second-order valence-electron chi connectivity index (χ2n) is 6.03. The molecule has 1 aliphatic rings. The summed E-state index contributed by atoms with van der Waals surface area (Å²) in [5.74, 6) is 0.0676. The van der Waals surface area contributed by atoms with Crippen LogP contribution in [0.4, 0.5) is 0 Å². The zero-order chi connectivity index (χ0) is 16.2. The lowest BCUT2D eigenvalue weighted by atomic mass is 10.2. The van der Waals surface area contributed by atoms with E-state index in [0.717, 1.165) is 30.9 Å². The minimum Gasteiger partial charge on any atom is -0.334 e. The molecule has 5 nitrogen and oxygen atoms in total. The third-order valence-electron chi connectivity index (χ3n) is 4.16. The summed E-state index contributed by atoms with van der Waals surface area (Å²) in [6, 6.07) is 10.2. The van der Waals surface area contributed by atoms with Crippen LogP contribution >= 0.6 is 0 Å². The zero-order valence-corrected chi connectivity index (χ0v) is 13.6. The van der Waals surface area contributed by atoms with Crippen LogP contribution in [0.25, 0.3) is 11.8 Å². The lowest BCUT2D eigenvalue weighted by Crippen LogP contribution is -2.52. The molecule has 1 aromatic heterocycles. The number of carbonyl (C=O) groups is 1. The Hall–Kier alpha value is -2.40. The fourth-order valence-corrected chi connectivity index (χ4v) is 2.88. The number of hydrogen-bond donors (Lipinski definition) is 0. The number of likely N-dealkylation sites (N-methyl/N-ethyl adjacent to an activating group) is 1. The number of aromatic nitrogens is 2. The monoisotopic (exact) mass is 310 g/mol. The van der Waals surface area contributed by atoms with Crippen LogP contribution < -0.4 is 0 Å². The molecule has 0 spiro atoms. The summed E-state index contributed by atoms with van der Waals surface area (Å²) in [6.07, 6.45) is 7.17. The summed E-state index contributed by atoms with van der Waals surface area (Å²) in [5, 5.41) is 4.34. The average molecular weight is 310 g/mol. The van der Waals surface area contributed by atoms with Crippen LogP contribution in [0.5, 0.6) is 0 Å². The molecule has 0 aliphatic carbocycles. The van der Waals surface area contributed by atoms with Gasteiger partial charge in [0.2, 0.25) is 5.91 Å². The maximum Gasteiger partial charge on any atom is 0.246 e. The van der Waals surface area contributed by atoms with Gasteiger partial charge >= 0.3 is 0 Å². The number of para-hydroxylation sites is 1. The second-order valence-corrected chi connectivity index (χ2v) is 6.03. The number of piperazine rings is 1. The molecule has 0 N–H and O–H groups in total. The highest BCUT2D eigenvalue weighted by molar-refractivity contribution is 5.92. The summed E-state index contributed by atoms with van der Waals surface area (Å²) in [4.78, 5) is 16.5.